The van der Waals surface area contributed by atoms with Crippen molar-refractivity contribution >= 4 is 6.29 Å². The van der Waals surface area contributed by atoms with Gasteiger partial charge in [-0.2, -0.15) is 0 Å². The molecule has 0 spiro atoms. The van der Waals surface area contributed by atoms with E-state index in [4.69, 9.17) is 13.9 Å². The molecule has 0 amide bonds. The summed E-state index contributed by atoms with van der Waals surface area (Å²) in [4.78, 5) is 11.2. The molecule has 1 aromatic heterocycles. The number of furan rings is 1. The quantitative estimate of drug-likeness (QED) is 0.273. The van der Waals surface area contributed by atoms with E-state index >= 15 is 0 Å². The number of aryl methyl sites for hydroxylation is 2. The first-order chi connectivity index (χ1) is 14.7. The minimum Gasteiger partial charge on any atom is -0.458 e. The van der Waals surface area contributed by atoms with Crippen LogP contribution in [0.15, 0.2) is 65.1 Å². The predicted octanol–water partition coefficient (Wildman–Crippen LogP) is 6.01. The molecule has 4 nitrogen and oxygen atoms in total. The third kappa shape index (κ3) is 6.41. The molecular weight excluding hydrogens is 376 g/mol. The zero-order chi connectivity index (χ0) is 21.2. The number of aldehydes is 1. The van der Waals surface area contributed by atoms with E-state index in [1.165, 1.54) is 11.1 Å². The van der Waals surface area contributed by atoms with Gasteiger partial charge in [0, 0.05) is 18.6 Å². The molecule has 0 aliphatic heterocycles. The summed E-state index contributed by atoms with van der Waals surface area (Å²) in [6.45, 7) is 5.96. The summed E-state index contributed by atoms with van der Waals surface area (Å²) in [6.07, 6.45) is 3.29. The highest BCUT2D eigenvalue weighted by molar-refractivity contribution is 5.77. The molecule has 3 rings (SSSR count). The van der Waals surface area contributed by atoms with Crippen molar-refractivity contribution in [2.24, 2.45) is 0 Å². The predicted molar refractivity (Wildman–Crippen MR) is 119 cm³/mol. The van der Waals surface area contributed by atoms with Gasteiger partial charge in [-0.25, -0.2) is 0 Å². The van der Waals surface area contributed by atoms with Crippen molar-refractivity contribution in [1.82, 2.24) is 0 Å². The summed E-state index contributed by atoms with van der Waals surface area (Å²) in [7, 11) is 0. The standard InChI is InChI=1S/C26H30O4/c1-3-23(29-18-21-10-5-4-6-11-21)19-28-14-8-13-26-25(16-24(17-27)30-26)22-12-7-9-20(2)15-22/h4-7,9-12,15-17,23H,3,8,13-14,18-19H2,1-2H3/t23-/m1/s1. The number of carbonyl (C=O) groups excluding carboxylic acids is 1. The fraction of sp³-hybridized carbons (Fsp3) is 0.346. The molecule has 30 heavy (non-hydrogen) atoms. The molecule has 3 aromatic rings. The third-order valence-electron chi connectivity index (χ3n) is 5.05. The van der Waals surface area contributed by atoms with Gasteiger partial charge in [0.1, 0.15) is 5.76 Å². The van der Waals surface area contributed by atoms with Gasteiger partial charge in [0.25, 0.3) is 0 Å². The van der Waals surface area contributed by atoms with E-state index in [1.54, 1.807) is 0 Å². The average Bonchev–Trinajstić information content (AvgIpc) is 3.19. The van der Waals surface area contributed by atoms with Crippen LogP contribution in [-0.4, -0.2) is 25.6 Å². The van der Waals surface area contributed by atoms with Crippen LogP contribution in [0.2, 0.25) is 0 Å². The summed E-state index contributed by atoms with van der Waals surface area (Å²) in [5, 5.41) is 0. The molecule has 0 unspecified atom stereocenters. The second kappa shape index (κ2) is 11.5. The van der Waals surface area contributed by atoms with Crippen molar-refractivity contribution < 1.29 is 18.7 Å². The Morgan fingerprint density at radius 2 is 1.90 bits per heavy atom. The Kier molecular flexibility index (Phi) is 8.42. The Balaban J connectivity index is 1.47. The van der Waals surface area contributed by atoms with E-state index in [0.717, 1.165) is 42.4 Å². The van der Waals surface area contributed by atoms with Crippen LogP contribution >= 0.6 is 0 Å². The molecule has 0 bridgehead atoms. The average molecular weight is 407 g/mol. The summed E-state index contributed by atoms with van der Waals surface area (Å²) in [5.41, 5.74) is 4.40. The van der Waals surface area contributed by atoms with Gasteiger partial charge in [-0.05, 0) is 37.0 Å². The van der Waals surface area contributed by atoms with Crippen molar-refractivity contribution in [2.75, 3.05) is 13.2 Å². The van der Waals surface area contributed by atoms with Gasteiger partial charge < -0.3 is 13.9 Å². The molecule has 1 atom stereocenters. The SMILES string of the molecule is CC[C@H](COCCCc1oc(C=O)cc1-c1cccc(C)c1)OCc1ccccc1. The molecular formula is C26H30O4. The zero-order valence-electron chi connectivity index (χ0n) is 17.8. The number of ether oxygens (including phenoxy) is 2. The first kappa shape index (κ1) is 22.0. The summed E-state index contributed by atoms with van der Waals surface area (Å²) in [5.74, 6) is 1.20. The minimum absolute atomic E-state index is 0.0818. The van der Waals surface area contributed by atoms with Crippen LogP contribution in [0.4, 0.5) is 0 Å². The third-order valence-corrected chi connectivity index (χ3v) is 5.05. The Morgan fingerprint density at radius 3 is 2.63 bits per heavy atom. The lowest BCUT2D eigenvalue weighted by Crippen LogP contribution is -2.19. The highest BCUT2D eigenvalue weighted by atomic mass is 16.5. The zero-order valence-corrected chi connectivity index (χ0v) is 17.8. The maximum atomic E-state index is 11.2. The lowest BCUT2D eigenvalue weighted by atomic mass is 10.0. The van der Waals surface area contributed by atoms with Crippen LogP contribution in [0.5, 0.6) is 0 Å². The van der Waals surface area contributed by atoms with Crippen molar-refractivity contribution in [3.8, 4) is 11.1 Å². The summed E-state index contributed by atoms with van der Waals surface area (Å²) < 4.78 is 17.6. The van der Waals surface area contributed by atoms with E-state index < -0.39 is 0 Å². The van der Waals surface area contributed by atoms with Gasteiger partial charge in [0.2, 0.25) is 0 Å². The van der Waals surface area contributed by atoms with E-state index in [-0.39, 0.29) is 6.10 Å². The molecule has 0 saturated carbocycles. The molecule has 4 heteroatoms. The van der Waals surface area contributed by atoms with Crippen molar-refractivity contribution in [1.29, 1.82) is 0 Å². The highest BCUT2D eigenvalue weighted by Crippen LogP contribution is 2.28. The van der Waals surface area contributed by atoms with E-state index in [2.05, 4.69) is 38.1 Å². The number of hydrogen-bond donors (Lipinski definition) is 0. The van der Waals surface area contributed by atoms with Gasteiger partial charge in [-0.1, -0.05) is 67.1 Å². The van der Waals surface area contributed by atoms with Crippen LogP contribution < -0.4 is 0 Å². The summed E-state index contributed by atoms with van der Waals surface area (Å²) in [6, 6.07) is 20.2. The van der Waals surface area contributed by atoms with Gasteiger partial charge in [-0.3, -0.25) is 4.79 Å². The molecule has 0 radical (unpaired) electrons. The number of carbonyl (C=O) groups is 1. The first-order valence-electron chi connectivity index (χ1n) is 10.6. The molecule has 0 fully saturated rings. The van der Waals surface area contributed by atoms with Crippen molar-refractivity contribution in [3.63, 3.8) is 0 Å². The van der Waals surface area contributed by atoms with Crippen LogP contribution in [0, 0.1) is 6.92 Å². The number of hydrogen-bond acceptors (Lipinski definition) is 4. The Bertz CT molecular complexity index is 914. The van der Waals surface area contributed by atoms with Gasteiger partial charge in [-0.15, -0.1) is 0 Å². The number of rotatable bonds is 12. The highest BCUT2D eigenvalue weighted by Gasteiger charge is 2.13. The van der Waals surface area contributed by atoms with Gasteiger partial charge in [0.05, 0.1) is 19.3 Å². The molecule has 0 aliphatic carbocycles. The minimum atomic E-state index is 0.0818. The second-order valence-corrected chi connectivity index (χ2v) is 7.48. The molecule has 158 valence electrons. The lowest BCUT2D eigenvalue weighted by Gasteiger charge is -2.16. The monoisotopic (exact) mass is 406 g/mol. The largest absolute Gasteiger partial charge is 0.458 e. The van der Waals surface area contributed by atoms with Crippen molar-refractivity contribution in [2.45, 2.75) is 45.8 Å². The van der Waals surface area contributed by atoms with Crippen LogP contribution in [0.1, 0.15) is 47.2 Å². The van der Waals surface area contributed by atoms with E-state index in [0.29, 0.717) is 25.6 Å². The molecule has 0 N–H and O–H groups in total. The molecule has 0 saturated heterocycles. The topological polar surface area (TPSA) is 48.7 Å². The van der Waals surface area contributed by atoms with Gasteiger partial charge >= 0.3 is 0 Å². The maximum Gasteiger partial charge on any atom is 0.185 e. The fourth-order valence-corrected chi connectivity index (χ4v) is 3.37. The van der Waals surface area contributed by atoms with Crippen molar-refractivity contribution in [3.05, 3.63) is 83.3 Å². The van der Waals surface area contributed by atoms with Crippen LogP contribution in [0.25, 0.3) is 11.1 Å². The summed E-state index contributed by atoms with van der Waals surface area (Å²) >= 11 is 0. The maximum absolute atomic E-state index is 11.2. The smallest absolute Gasteiger partial charge is 0.185 e. The Hall–Kier alpha value is -2.69. The normalized spacial score (nSPS) is 12.1. The number of benzene rings is 2. The molecule has 2 aromatic carbocycles. The Labute approximate surface area is 178 Å². The second-order valence-electron chi connectivity index (χ2n) is 7.48. The lowest BCUT2D eigenvalue weighted by molar-refractivity contribution is -0.0267. The Morgan fingerprint density at radius 1 is 1.07 bits per heavy atom. The van der Waals surface area contributed by atoms with E-state index in [1.807, 2.05) is 36.4 Å². The van der Waals surface area contributed by atoms with Crippen LogP contribution in [-0.2, 0) is 22.5 Å². The molecule has 1 heterocycles. The molecule has 0 aliphatic rings. The van der Waals surface area contributed by atoms with E-state index in [9.17, 15) is 4.79 Å². The fourth-order valence-electron chi connectivity index (χ4n) is 3.37. The van der Waals surface area contributed by atoms with Crippen LogP contribution in [0.3, 0.4) is 0 Å². The van der Waals surface area contributed by atoms with Gasteiger partial charge in [0.15, 0.2) is 12.0 Å². The first-order valence-corrected chi connectivity index (χ1v) is 10.6.